The van der Waals surface area contributed by atoms with Gasteiger partial charge in [-0.25, -0.2) is 22.8 Å². The lowest BCUT2D eigenvalue weighted by Gasteiger charge is -2.22. The van der Waals surface area contributed by atoms with Crippen molar-refractivity contribution in [2.24, 2.45) is 12.1 Å². The van der Waals surface area contributed by atoms with Crippen LogP contribution in [0.25, 0.3) is 5.69 Å². The smallest absolute Gasteiger partial charge is 0.296 e. The van der Waals surface area contributed by atoms with E-state index in [-0.39, 0.29) is 10.6 Å². The maximum absolute atomic E-state index is 13.8. The molecule has 0 fully saturated rings. The van der Waals surface area contributed by atoms with Crippen molar-refractivity contribution in [2.45, 2.75) is 11.8 Å². The summed E-state index contributed by atoms with van der Waals surface area (Å²) >= 11 is 0. The highest BCUT2D eigenvalue weighted by molar-refractivity contribution is 7.92. The number of rotatable bonds is 10. The maximum Gasteiger partial charge on any atom is 0.296 e. The van der Waals surface area contributed by atoms with E-state index in [0.717, 1.165) is 4.31 Å². The SMILES string of the molecule is COc1cccc(/C=N\NC(=O)CN(c2c(C)n(C)n(-c3ccccc3)c2=O)S(=O)(=O)c2ccccc2)c1OC. The number of aromatic nitrogens is 2. The first-order valence-corrected chi connectivity index (χ1v) is 13.6. The minimum absolute atomic E-state index is 0.0682. The van der Waals surface area contributed by atoms with Crippen LogP contribution in [0.15, 0.2) is 93.7 Å². The Morgan fingerprint density at radius 1 is 0.975 bits per heavy atom. The molecule has 1 aromatic heterocycles. The molecule has 1 N–H and O–H groups in total. The number of amides is 1. The van der Waals surface area contributed by atoms with Gasteiger partial charge < -0.3 is 9.47 Å². The number of hydrogen-bond donors (Lipinski definition) is 1. The largest absolute Gasteiger partial charge is 0.493 e. The topological polar surface area (TPSA) is 124 Å². The van der Waals surface area contributed by atoms with Crippen molar-refractivity contribution in [3.63, 3.8) is 0 Å². The molecular weight excluding hydrogens is 534 g/mol. The van der Waals surface area contributed by atoms with Crippen LogP contribution in [0.1, 0.15) is 11.3 Å². The van der Waals surface area contributed by atoms with Crippen LogP contribution >= 0.6 is 0 Å². The monoisotopic (exact) mass is 563 g/mol. The molecule has 208 valence electrons. The second-order valence-corrected chi connectivity index (χ2v) is 10.5. The van der Waals surface area contributed by atoms with Gasteiger partial charge in [0.05, 0.1) is 36.7 Å². The number of hydrogen-bond acceptors (Lipinski definition) is 7. The molecule has 11 nitrogen and oxygen atoms in total. The zero-order chi connectivity index (χ0) is 28.9. The van der Waals surface area contributed by atoms with Gasteiger partial charge in [-0.05, 0) is 43.3 Å². The fourth-order valence-electron chi connectivity index (χ4n) is 4.20. The highest BCUT2D eigenvalue weighted by Crippen LogP contribution is 2.29. The molecule has 4 aromatic rings. The molecule has 0 aliphatic heterocycles. The van der Waals surface area contributed by atoms with Crippen molar-refractivity contribution in [3.8, 4) is 17.2 Å². The number of carbonyl (C=O) groups is 1. The number of hydrazone groups is 1. The zero-order valence-corrected chi connectivity index (χ0v) is 23.3. The molecule has 1 heterocycles. The van der Waals surface area contributed by atoms with Gasteiger partial charge in [-0.1, -0.05) is 42.5 Å². The average Bonchev–Trinajstić information content (AvgIpc) is 3.19. The van der Waals surface area contributed by atoms with Gasteiger partial charge in [-0.3, -0.25) is 14.3 Å². The normalized spacial score (nSPS) is 11.4. The van der Waals surface area contributed by atoms with Gasteiger partial charge in [0.1, 0.15) is 12.2 Å². The molecule has 0 saturated heterocycles. The average molecular weight is 564 g/mol. The quantitative estimate of drug-likeness (QED) is 0.234. The predicted octanol–water partition coefficient (Wildman–Crippen LogP) is 2.85. The third kappa shape index (κ3) is 5.47. The second-order valence-electron chi connectivity index (χ2n) is 8.61. The molecule has 0 spiro atoms. The fraction of sp³-hybridized carbons (Fsp3) is 0.179. The zero-order valence-electron chi connectivity index (χ0n) is 22.4. The standard InChI is InChI=1S/C28H29N5O6S/c1-20-26(28(35)33(31(20)2)22-13-7-5-8-14-22)32(40(36,37)23-15-9-6-10-16-23)19-25(34)30-29-18-21-12-11-17-24(38-3)27(21)39-4/h5-18H,19H2,1-4H3,(H,30,34)/b29-18-. The van der Waals surface area contributed by atoms with Crippen LogP contribution in [0.4, 0.5) is 5.69 Å². The van der Waals surface area contributed by atoms with Gasteiger partial charge in [0.15, 0.2) is 11.5 Å². The van der Waals surface area contributed by atoms with E-state index in [1.807, 2.05) is 6.07 Å². The summed E-state index contributed by atoms with van der Waals surface area (Å²) in [5.41, 5.74) is 3.03. The van der Waals surface area contributed by atoms with Crippen LogP contribution in [0, 0.1) is 6.92 Å². The number of para-hydroxylation sites is 2. The maximum atomic E-state index is 13.8. The highest BCUT2D eigenvalue weighted by Gasteiger charge is 2.33. The van der Waals surface area contributed by atoms with E-state index >= 15 is 0 Å². The third-order valence-corrected chi connectivity index (χ3v) is 7.98. The molecule has 3 aromatic carbocycles. The number of carbonyl (C=O) groups excluding carboxylic acids is 1. The van der Waals surface area contributed by atoms with Crippen molar-refractivity contribution < 1.29 is 22.7 Å². The van der Waals surface area contributed by atoms with Gasteiger partial charge in [-0.15, -0.1) is 0 Å². The molecule has 40 heavy (non-hydrogen) atoms. The number of nitrogens with one attached hydrogen (secondary N) is 1. The first-order valence-electron chi connectivity index (χ1n) is 12.2. The minimum atomic E-state index is -4.32. The van der Waals surface area contributed by atoms with Crippen molar-refractivity contribution in [2.75, 3.05) is 25.1 Å². The Labute approximate surface area is 231 Å². The lowest BCUT2D eigenvalue weighted by molar-refractivity contribution is -0.119. The van der Waals surface area contributed by atoms with E-state index in [1.54, 1.807) is 79.3 Å². The number of anilines is 1. The fourth-order valence-corrected chi connectivity index (χ4v) is 5.69. The number of nitrogens with zero attached hydrogens (tertiary/aromatic N) is 4. The van der Waals surface area contributed by atoms with E-state index in [0.29, 0.717) is 28.4 Å². The molecule has 0 aliphatic carbocycles. The van der Waals surface area contributed by atoms with E-state index in [1.165, 1.54) is 37.2 Å². The molecule has 0 saturated carbocycles. The molecule has 0 atom stereocenters. The van der Waals surface area contributed by atoms with Crippen LogP contribution in [-0.4, -0.2) is 50.7 Å². The van der Waals surface area contributed by atoms with Crippen molar-refractivity contribution in [3.05, 3.63) is 100 Å². The molecule has 12 heteroatoms. The summed E-state index contributed by atoms with van der Waals surface area (Å²) in [7, 11) is 0.302. The first-order chi connectivity index (χ1) is 19.2. The summed E-state index contributed by atoms with van der Waals surface area (Å²) < 4.78 is 41.9. The van der Waals surface area contributed by atoms with Gasteiger partial charge in [0.2, 0.25) is 0 Å². The van der Waals surface area contributed by atoms with Gasteiger partial charge >= 0.3 is 0 Å². The summed E-state index contributed by atoms with van der Waals surface area (Å²) in [6, 6.07) is 21.6. The van der Waals surface area contributed by atoms with Gasteiger partial charge in [0, 0.05) is 12.6 Å². The Morgan fingerprint density at radius 2 is 1.62 bits per heavy atom. The lowest BCUT2D eigenvalue weighted by atomic mass is 10.2. The Kier molecular flexibility index (Phi) is 8.39. The molecular formula is C28H29N5O6S. The van der Waals surface area contributed by atoms with Crippen LogP contribution in [0.3, 0.4) is 0 Å². The third-order valence-electron chi connectivity index (χ3n) is 6.22. The first kappa shape index (κ1) is 28.2. The van der Waals surface area contributed by atoms with Crippen LogP contribution < -0.4 is 24.8 Å². The van der Waals surface area contributed by atoms with Crippen LogP contribution in [0.2, 0.25) is 0 Å². The number of sulfonamides is 1. The van der Waals surface area contributed by atoms with Crippen molar-refractivity contribution >= 4 is 27.8 Å². The molecule has 1 amide bonds. The highest BCUT2D eigenvalue weighted by atomic mass is 32.2. The Bertz CT molecular complexity index is 1700. The number of ether oxygens (including phenoxy) is 2. The Hall–Kier alpha value is -4.84. The summed E-state index contributed by atoms with van der Waals surface area (Å²) in [5, 5.41) is 3.97. The van der Waals surface area contributed by atoms with E-state index in [4.69, 9.17) is 9.47 Å². The van der Waals surface area contributed by atoms with Gasteiger partial charge in [0.25, 0.3) is 21.5 Å². The van der Waals surface area contributed by atoms with Gasteiger partial charge in [-0.2, -0.15) is 5.10 Å². The lowest BCUT2D eigenvalue weighted by Crippen LogP contribution is -2.42. The van der Waals surface area contributed by atoms with Crippen LogP contribution in [-0.2, 0) is 21.9 Å². The minimum Gasteiger partial charge on any atom is -0.493 e. The Morgan fingerprint density at radius 3 is 2.25 bits per heavy atom. The van der Waals surface area contributed by atoms with E-state index in [2.05, 4.69) is 10.5 Å². The van der Waals surface area contributed by atoms with Crippen LogP contribution in [0.5, 0.6) is 11.5 Å². The van der Waals surface area contributed by atoms with Crippen molar-refractivity contribution in [1.29, 1.82) is 0 Å². The summed E-state index contributed by atoms with van der Waals surface area (Å²) in [6.07, 6.45) is 1.35. The van der Waals surface area contributed by atoms with E-state index < -0.39 is 28.0 Å². The summed E-state index contributed by atoms with van der Waals surface area (Å²) in [4.78, 5) is 26.7. The summed E-state index contributed by atoms with van der Waals surface area (Å²) in [6.45, 7) is 0.924. The number of methoxy groups -OCH3 is 2. The summed E-state index contributed by atoms with van der Waals surface area (Å²) in [5.74, 6) is 0.136. The number of benzene rings is 3. The van der Waals surface area contributed by atoms with E-state index in [9.17, 15) is 18.0 Å². The molecule has 4 rings (SSSR count). The molecule has 0 aliphatic rings. The Balaban J connectivity index is 1.72. The predicted molar refractivity (Wildman–Crippen MR) is 152 cm³/mol. The molecule has 0 unspecified atom stereocenters. The second kappa shape index (κ2) is 11.9. The molecule has 0 bridgehead atoms. The van der Waals surface area contributed by atoms with Crippen molar-refractivity contribution in [1.82, 2.24) is 14.8 Å². The molecule has 0 radical (unpaired) electrons.